The summed E-state index contributed by atoms with van der Waals surface area (Å²) in [5.41, 5.74) is 4.87. The summed E-state index contributed by atoms with van der Waals surface area (Å²) in [6, 6.07) is 15.2. The van der Waals surface area contributed by atoms with Crippen molar-refractivity contribution in [2.45, 2.75) is 6.92 Å². The van der Waals surface area contributed by atoms with Crippen LogP contribution in [0.25, 0.3) is 10.9 Å². The predicted molar refractivity (Wildman–Crippen MR) is 111 cm³/mol. The molecule has 0 fully saturated rings. The first-order chi connectivity index (χ1) is 11.5. The maximum absolute atomic E-state index is 11.4. The third-order valence-corrected chi connectivity index (χ3v) is 4.11. The summed E-state index contributed by atoms with van der Waals surface area (Å²) in [6.07, 6.45) is 0. The van der Waals surface area contributed by atoms with Crippen molar-refractivity contribution in [2.24, 2.45) is 5.84 Å². The lowest BCUT2D eigenvalue weighted by Gasteiger charge is -1.96. The van der Waals surface area contributed by atoms with Crippen molar-refractivity contribution in [1.29, 1.82) is 0 Å². The molecule has 5 nitrogen and oxygen atoms in total. The molecular weight excluding hydrogens is 473 g/mol. The molecule has 0 aliphatic carbocycles. The normalized spacial score (nSPS) is 9.60. The van der Waals surface area contributed by atoms with Crippen LogP contribution >= 0.6 is 44.3 Å². The lowest BCUT2D eigenvalue weighted by Crippen LogP contribution is -2.05. The van der Waals surface area contributed by atoms with Crippen molar-refractivity contribution in [2.75, 3.05) is 12.0 Å². The number of hydrogen-bond donors (Lipinski definition) is 3. The maximum Gasteiger partial charge on any atom is 0.354 e. The molecule has 0 bridgehead atoms. The summed E-state index contributed by atoms with van der Waals surface area (Å²) in [7, 11) is 0. The number of halogens is 3. The number of anilines is 1. The highest BCUT2D eigenvalue weighted by molar-refractivity contribution is 9.10. The molecule has 8 heteroatoms. The van der Waals surface area contributed by atoms with Crippen LogP contribution in [0.2, 0.25) is 0 Å². The first-order valence-electron chi connectivity index (χ1n) is 7.21. The first-order valence-corrected chi connectivity index (χ1v) is 8.79. The number of hydrazine groups is 1. The van der Waals surface area contributed by atoms with Crippen molar-refractivity contribution < 1.29 is 9.53 Å². The standard InChI is InChI=1S/C11H10BrNO2.C6H7BrN2.ClH/c1-2-15-11(14)10-6-7-5-8(12)3-4-9(7)13-10;7-5-1-3-6(9-8)4-2-5;/h3-6,13H,2H2,1H3;1-4,9H,8H2;1H. The van der Waals surface area contributed by atoms with Gasteiger partial charge in [-0.3, -0.25) is 5.84 Å². The number of aromatic nitrogens is 1. The summed E-state index contributed by atoms with van der Waals surface area (Å²) >= 11 is 6.69. The molecule has 25 heavy (non-hydrogen) atoms. The Hall–Kier alpha value is -1.54. The minimum atomic E-state index is -0.315. The van der Waals surface area contributed by atoms with Crippen molar-refractivity contribution in [3.63, 3.8) is 0 Å². The molecule has 0 radical (unpaired) electrons. The van der Waals surface area contributed by atoms with Crippen LogP contribution in [0.1, 0.15) is 17.4 Å². The van der Waals surface area contributed by atoms with Gasteiger partial charge in [-0.2, -0.15) is 0 Å². The second kappa shape index (κ2) is 10.5. The van der Waals surface area contributed by atoms with Crippen molar-refractivity contribution in [3.8, 4) is 0 Å². The molecule has 4 N–H and O–H groups in total. The molecule has 1 heterocycles. The quantitative estimate of drug-likeness (QED) is 0.265. The number of aromatic amines is 1. The summed E-state index contributed by atoms with van der Waals surface area (Å²) in [4.78, 5) is 14.4. The van der Waals surface area contributed by atoms with Gasteiger partial charge in [0.05, 0.1) is 6.61 Å². The fourth-order valence-corrected chi connectivity index (χ4v) is 2.61. The fourth-order valence-electron chi connectivity index (χ4n) is 1.97. The second-order valence-electron chi connectivity index (χ2n) is 4.79. The highest BCUT2D eigenvalue weighted by atomic mass is 79.9. The van der Waals surface area contributed by atoms with Crippen molar-refractivity contribution in [1.82, 2.24) is 4.98 Å². The third-order valence-electron chi connectivity index (χ3n) is 3.09. The molecule has 134 valence electrons. The van der Waals surface area contributed by atoms with Crippen LogP contribution in [0.3, 0.4) is 0 Å². The minimum Gasteiger partial charge on any atom is -0.461 e. The topological polar surface area (TPSA) is 80.1 Å². The highest BCUT2D eigenvalue weighted by Gasteiger charge is 2.09. The van der Waals surface area contributed by atoms with E-state index in [0.717, 1.165) is 25.5 Å². The Kier molecular flexibility index (Phi) is 8.99. The van der Waals surface area contributed by atoms with Gasteiger partial charge in [-0.05, 0) is 55.5 Å². The molecule has 0 unspecified atom stereocenters. The summed E-state index contributed by atoms with van der Waals surface area (Å²) < 4.78 is 6.95. The number of carbonyl (C=O) groups is 1. The van der Waals surface area contributed by atoms with E-state index in [0.29, 0.717) is 12.3 Å². The van der Waals surface area contributed by atoms with E-state index in [4.69, 9.17) is 10.6 Å². The number of benzene rings is 2. The lowest BCUT2D eigenvalue weighted by atomic mass is 10.2. The van der Waals surface area contributed by atoms with E-state index in [1.54, 1.807) is 13.0 Å². The van der Waals surface area contributed by atoms with Gasteiger partial charge in [0.1, 0.15) is 5.69 Å². The molecule has 0 aliphatic rings. The Labute approximate surface area is 169 Å². The van der Waals surface area contributed by atoms with Crippen LogP contribution in [-0.2, 0) is 4.74 Å². The molecular formula is C17H18Br2ClN3O2. The molecule has 0 aliphatic heterocycles. The van der Waals surface area contributed by atoms with Gasteiger partial charge in [0.25, 0.3) is 0 Å². The molecule has 0 saturated carbocycles. The summed E-state index contributed by atoms with van der Waals surface area (Å²) in [5.74, 6) is 4.82. The predicted octanol–water partition coefficient (Wildman–Crippen LogP) is 5.26. The number of rotatable bonds is 3. The molecule has 3 aromatic rings. The van der Waals surface area contributed by atoms with Gasteiger partial charge in [-0.1, -0.05) is 31.9 Å². The zero-order valence-corrected chi connectivity index (χ0v) is 17.4. The maximum atomic E-state index is 11.4. The Bertz CT molecular complexity index is 822. The van der Waals surface area contributed by atoms with E-state index in [1.807, 2.05) is 42.5 Å². The van der Waals surface area contributed by atoms with E-state index in [9.17, 15) is 4.79 Å². The number of fused-ring (bicyclic) bond motifs is 1. The Morgan fingerprint density at radius 3 is 2.36 bits per heavy atom. The number of nitrogens with two attached hydrogens (primary N) is 1. The molecule has 1 aromatic heterocycles. The van der Waals surface area contributed by atoms with Crippen molar-refractivity contribution in [3.05, 3.63) is 63.2 Å². The minimum absolute atomic E-state index is 0. The van der Waals surface area contributed by atoms with Crippen LogP contribution in [-0.4, -0.2) is 17.6 Å². The summed E-state index contributed by atoms with van der Waals surface area (Å²) in [6.45, 7) is 2.18. The van der Waals surface area contributed by atoms with E-state index < -0.39 is 0 Å². The van der Waals surface area contributed by atoms with Gasteiger partial charge in [0, 0.05) is 25.5 Å². The van der Waals surface area contributed by atoms with Crippen LogP contribution in [0.15, 0.2) is 57.5 Å². The Morgan fingerprint density at radius 1 is 1.12 bits per heavy atom. The monoisotopic (exact) mass is 489 g/mol. The molecule has 0 amide bonds. The average molecular weight is 492 g/mol. The van der Waals surface area contributed by atoms with Gasteiger partial charge in [-0.25, -0.2) is 4.79 Å². The Morgan fingerprint density at radius 2 is 1.76 bits per heavy atom. The van der Waals surface area contributed by atoms with E-state index in [2.05, 4.69) is 42.3 Å². The smallest absolute Gasteiger partial charge is 0.354 e. The van der Waals surface area contributed by atoms with Crippen molar-refractivity contribution >= 4 is 66.8 Å². The number of hydrogen-bond acceptors (Lipinski definition) is 4. The average Bonchev–Trinajstić information content (AvgIpc) is 2.99. The number of ether oxygens (including phenoxy) is 1. The van der Waals surface area contributed by atoms with E-state index in [-0.39, 0.29) is 18.4 Å². The number of nitrogens with one attached hydrogen (secondary N) is 2. The molecule has 0 atom stereocenters. The molecule has 3 rings (SSSR count). The number of carbonyl (C=O) groups excluding carboxylic acids is 1. The van der Waals surface area contributed by atoms with Gasteiger partial charge in [0.15, 0.2) is 0 Å². The number of H-pyrrole nitrogens is 1. The first kappa shape index (κ1) is 21.5. The molecule has 2 aromatic carbocycles. The second-order valence-corrected chi connectivity index (χ2v) is 6.62. The molecule has 0 spiro atoms. The SMILES string of the molecule is CCOC(=O)c1cc2cc(Br)ccc2[nH]1.Cl.NNc1ccc(Br)cc1. The number of nitrogen functional groups attached to an aromatic ring is 1. The fraction of sp³-hybridized carbons (Fsp3) is 0.118. The summed E-state index contributed by atoms with van der Waals surface area (Å²) in [5, 5.41) is 0.993. The molecule has 0 saturated heterocycles. The van der Waals surface area contributed by atoms with Gasteiger partial charge in [0.2, 0.25) is 0 Å². The van der Waals surface area contributed by atoms with Crippen LogP contribution in [0.4, 0.5) is 5.69 Å². The highest BCUT2D eigenvalue weighted by Crippen LogP contribution is 2.20. The number of esters is 1. The largest absolute Gasteiger partial charge is 0.461 e. The van der Waals surface area contributed by atoms with E-state index in [1.165, 1.54) is 0 Å². The van der Waals surface area contributed by atoms with E-state index >= 15 is 0 Å². The zero-order valence-electron chi connectivity index (χ0n) is 13.4. The van der Waals surface area contributed by atoms with Gasteiger partial charge in [-0.15, -0.1) is 12.4 Å². The van der Waals surface area contributed by atoms with Crippen LogP contribution < -0.4 is 11.3 Å². The zero-order chi connectivity index (χ0) is 17.5. The van der Waals surface area contributed by atoms with Crippen LogP contribution in [0.5, 0.6) is 0 Å². The lowest BCUT2D eigenvalue weighted by molar-refractivity contribution is 0.0520. The third kappa shape index (κ3) is 6.36. The van der Waals surface area contributed by atoms with Gasteiger partial charge >= 0.3 is 5.97 Å². The van der Waals surface area contributed by atoms with Gasteiger partial charge < -0.3 is 15.1 Å². The van der Waals surface area contributed by atoms with Crippen LogP contribution in [0, 0.1) is 0 Å². The Balaban J connectivity index is 0.000000270.